The van der Waals surface area contributed by atoms with Gasteiger partial charge < -0.3 is 4.57 Å². The lowest BCUT2D eigenvalue weighted by atomic mass is 10.1. The van der Waals surface area contributed by atoms with Crippen LogP contribution in [0.1, 0.15) is 44.3 Å². The van der Waals surface area contributed by atoms with E-state index >= 15 is 0 Å². The van der Waals surface area contributed by atoms with Gasteiger partial charge in [-0.3, -0.25) is 0 Å². The van der Waals surface area contributed by atoms with Crippen molar-refractivity contribution in [2.75, 3.05) is 5.75 Å². The van der Waals surface area contributed by atoms with Crippen molar-refractivity contribution in [1.82, 2.24) is 19.5 Å². The Morgan fingerprint density at radius 2 is 2.05 bits per heavy atom. The fraction of sp³-hybridized carbons (Fsp3) is 0.833. The Bertz CT molecular complexity index is 625. The maximum atomic E-state index is 12.1. The fourth-order valence-electron chi connectivity index (χ4n) is 2.43. The number of aromatic nitrogens is 3. The van der Waals surface area contributed by atoms with Crippen LogP contribution < -0.4 is 4.72 Å². The predicted octanol–water partition coefficient (Wildman–Crippen LogP) is 1.59. The first-order chi connectivity index (χ1) is 10.1. The molecule has 10 heteroatoms. The summed E-state index contributed by atoms with van der Waals surface area (Å²) in [5.41, 5.74) is 0. The summed E-state index contributed by atoms with van der Waals surface area (Å²) >= 11 is 0. The van der Waals surface area contributed by atoms with Gasteiger partial charge in [0.05, 0.1) is 12.2 Å². The van der Waals surface area contributed by atoms with Crippen LogP contribution in [-0.2, 0) is 23.0 Å². The minimum absolute atomic E-state index is 0.141. The largest absolute Gasteiger partial charge is 0.390 e. The van der Waals surface area contributed by atoms with Gasteiger partial charge in [0.15, 0.2) is 0 Å². The lowest BCUT2D eigenvalue weighted by Gasteiger charge is -2.25. The lowest BCUT2D eigenvalue weighted by molar-refractivity contribution is -0.130. The second-order valence-corrected chi connectivity index (χ2v) is 7.65. The van der Waals surface area contributed by atoms with Crippen molar-refractivity contribution in [3.8, 4) is 0 Å². The zero-order chi connectivity index (χ0) is 16.5. The number of nitrogens with one attached hydrogen (secondary N) is 1. The first kappa shape index (κ1) is 17.2. The number of rotatable bonds is 5. The molecule has 0 saturated carbocycles. The van der Waals surface area contributed by atoms with E-state index in [1.54, 1.807) is 0 Å². The van der Waals surface area contributed by atoms with Gasteiger partial charge >= 0.3 is 6.18 Å². The highest BCUT2D eigenvalue weighted by molar-refractivity contribution is 7.89. The van der Waals surface area contributed by atoms with Crippen LogP contribution in [0, 0.1) is 0 Å². The molecule has 0 fully saturated rings. The van der Waals surface area contributed by atoms with E-state index in [9.17, 15) is 21.6 Å². The van der Waals surface area contributed by atoms with Crippen LogP contribution in [0.3, 0.4) is 0 Å². The number of hydrogen-bond donors (Lipinski definition) is 1. The van der Waals surface area contributed by atoms with Gasteiger partial charge in [0.1, 0.15) is 11.6 Å². The average molecular weight is 340 g/mol. The number of alkyl halides is 3. The van der Waals surface area contributed by atoms with Crippen molar-refractivity contribution < 1.29 is 21.6 Å². The molecule has 0 spiro atoms. The van der Waals surface area contributed by atoms with Crippen molar-refractivity contribution in [2.24, 2.45) is 0 Å². The normalized spacial score (nSPS) is 19.5. The van der Waals surface area contributed by atoms with E-state index in [4.69, 9.17) is 0 Å². The molecule has 0 aromatic carbocycles. The molecule has 1 N–H and O–H groups in total. The van der Waals surface area contributed by atoms with Gasteiger partial charge in [-0.05, 0) is 6.42 Å². The van der Waals surface area contributed by atoms with Crippen LogP contribution in [0.15, 0.2) is 0 Å². The highest BCUT2D eigenvalue weighted by Gasteiger charge is 2.32. The van der Waals surface area contributed by atoms with E-state index in [1.165, 1.54) is 0 Å². The second kappa shape index (κ2) is 6.15. The third-order valence-corrected chi connectivity index (χ3v) is 4.93. The summed E-state index contributed by atoms with van der Waals surface area (Å²) in [6.45, 7) is 4.25. The fourth-order valence-corrected chi connectivity index (χ4v) is 3.75. The zero-order valence-electron chi connectivity index (χ0n) is 12.4. The number of halogens is 3. The molecule has 0 saturated heterocycles. The van der Waals surface area contributed by atoms with Crippen molar-refractivity contribution in [3.05, 3.63) is 11.6 Å². The highest BCUT2D eigenvalue weighted by Crippen LogP contribution is 2.22. The van der Waals surface area contributed by atoms with E-state index in [2.05, 4.69) is 14.9 Å². The smallest absolute Gasteiger partial charge is 0.313 e. The molecule has 2 heterocycles. The molecule has 1 aromatic rings. The first-order valence-corrected chi connectivity index (χ1v) is 8.71. The van der Waals surface area contributed by atoms with Gasteiger partial charge in [-0.2, -0.15) is 13.2 Å². The van der Waals surface area contributed by atoms with Crippen molar-refractivity contribution in [2.45, 2.75) is 57.8 Å². The summed E-state index contributed by atoms with van der Waals surface area (Å²) in [6, 6.07) is -0.431. The van der Waals surface area contributed by atoms with Gasteiger partial charge in [0, 0.05) is 24.9 Å². The number of fused-ring (bicyclic) bond motifs is 1. The van der Waals surface area contributed by atoms with Gasteiger partial charge in [-0.15, -0.1) is 10.2 Å². The first-order valence-electron chi connectivity index (χ1n) is 7.06. The van der Waals surface area contributed by atoms with Crippen LogP contribution in [0.5, 0.6) is 0 Å². The predicted molar refractivity (Wildman–Crippen MR) is 73.8 cm³/mol. The molecule has 1 aromatic heterocycles. The van der Waals surface area contributed by atoms with E-state index in [1.807, 2.05) is 18.4 Å². The average Bonchev–Trinajstić information content (AvgIpc) is 2.78. The van der Waals surface area contributed by atoms with Crippen LogP contribution in [-0.4, -0.2) is 41.2 Å². The molecule has 0 aliphatic carbocycles. The molecule has 0 radical (unpaired) electrons. The molecule has 2 rings (SSSR count). The zero-order valence-corrected chi connectivity index (χ0v) is 13.2. The van der Waals surface area contributed by atoms with Gasteiger partial charge in [0.25, 0.3) is 0 Å². The van der Waals surface area contributed by atoms with Gasteiger partial charge in [-0.25, -0.2) is 13.1 Å². The van der Waals surface area contributed by atoms with Crippen molar-refractivity contribution in [3.63, 3.8) is 0 Å². The molecular weight excluding hydrogens is 321 g/mol. The van der Waals surface area contributed by atoms with Crippen LogP contribution in [0.25, 0.3) is 0 Å². The topological polar surface area (TPSA) is 76.9 Å². The van der Waals surface area contributed by atoms with Crippen LogP contribution >= 0.6 is 0 Å². The van der Waals surface area contributed by atoms with E-state index in [-0.39, 0.29) is 5.92 Å². The van der Waals surface area contributed by atoms with Crippen LogP contribution in [0.2, 0.25) is 0 Å². The van der Waals surface area contributed by atoms with E-state index in [0.717, 1.165) is 11.6 Å². The van der Waals surface area contributed by atoms with Crippen molar-refractivity contribution >= 4 is 10.0 Å². The van der Waals surface area contributed by atoms with Gasteiger partial charge in [-0.1, -0.05) is 13.8 Å². The minimum atomic E-state index is -4.48. The molecule has 0 bridgehead atoms. The summed E-state index contributed by atoms with van der Waals surface area (Å²) in [7, 11) is -3.96. The Labute approximate surface area is 127 Å². The molecule has 1 aliphatic rings. The number of sulfonamides is 1. The molecule has 126 valence electrons. The summed E-state index contributed by atoms with van der Waals surface area (Å²) in [4.78, 5) is 0. The summed E-state index contributed by atoms with van der Waals surface area (Å²) in [5.74, 6) is 0.740. The molecular formula is C12H19F3N4O2S. The standard InChI is InChI=1S/C12H19F3N4O2S/c1-8(2)11-17-16-10-4-3-9(7-19(10)11)18-22(20,21)6-5-12(13,14)15/h8-9,18H,3-7H2,1-2H3/t9-/m0/s1. The summed E-state index contributed by atoms with van der Waals surface area (Å²) < 4.78 is 64.2. The summed E-state index contributed by atoms with van der Waals surface area (Å²) in [6.07, 6.45) is -4.77. The van der Waals surface area contributed by atoms with Gasteiger partial charge in [0.2, 0.25) is 10.0 Å². The monoisotopic (exact) mass is 340 g/mol. The number of hydrogen-bond acceptors (Lipinski definition) is 4. The maximum absolute atomic E-state index is 12.1. The molecule has 6 nitrogen and oxygen atoms in total. The Morgan fingerprint density at radius 1 is 1.36 bits per heavy atom. The molecule has 1 atom stereocenters. The Morgan fingerprint density at radius 3 is 2.64 bits per heavy atom. The van der Waals surface area contributed by atoms with Crippen molar-refractivity contribution in [1.29, 1.82) is 0 Å². The Balaban J connectivity index is 2.02. The third kappa shape index (κ3) is 4.42. The lowest BCUT2D eigenvalue weighted by Crippen LogP contribution is -2.42. The van der Waals surface area contributed by atoms with E-state index in [0.29, 0.717) is 19.4 Å². The highest BCUT2D eigenvalue weighted by atomic mass is 32.2. The maximum Gasteiger partial charge on any atom is 0.390 e. The third-order valence-electron chi connectivity index (χ3n) is 3.49. The SMILES string of the molecule is CC(C)c1nnc2n1C[C@@H](NS(=O)(=O)CCC(F)(F)F)CC2. The molecule has 22 heavy (non-hydrogen) atoms. The molecule has 0 unspecified atom stereocenters. The second-order valence-electron chi connectivity index (χ2n) is 5.78. The van der Waals surface area contributed by atoms with Crippen LogP contribution in [0.4, 0.5) is 13.2 Å². The Kier molecular flexibility index (Phi) is 4.81. The molecule has 0 amide bonds. The Hall–Kier alpha value is -1.16. The number of aryl methyl sites for hydroxylation is 1. The van der Waals surface area contributed by atoms with E-state index < -0.39 is 34.4 Å². The molecule has 1 aliphatic heterocycles. The number of nitrogens with zero attached hydrogens (tertiary/aromatic N) is 3. The minimum Gasteiger partial charge on any atom is -0.313 e. The quantitative estimate of drug-likeness (QED) is 0.883. The summed E-state index contributed by atoms with van der Waals surface area (Å²) in [5, 5.41) is 8.15.